The van der Waals surface area contributed by atoms with Crippen LogP contribution in [0.2, 0.25) is 0 Å². The molecule has 0 radical (unpaired) electrons. The second-order valence-corrected chi connectivity index (χ2v) is 7.76. The van der Waals surface area contributed by atoms with Crippen molar-refractivity contribution in [3.8, 4) is 5.75 Å². The van der Waals surface area contributed by atoms with Gasteiger partial charge in [0.15, 0.2) is 5.96 Å². The van der Waals surface area contributed by atoms with Gasteiger partial charge in [0.1, 0.15) is 5.75 Å². The Bertz CT molecular complexity index is 608. The first-order valence-electron chi connectivity index (χ1n) is 10.7. The van der Waals surface area contributed by atoms with Crippen molar-refractivity contribution in [1.29, 1.82) is 0 Å². The summed E-state index contributed by atoms with van der Waals surface area (Å²) >= 11 is 0. The maximum atomic E-state index is 5.79. The highest BCUT2D eigenvalue weighted by Gasteiger charge is 2.27. The zero-order chi connectivity index (χ0) is 19.6. The van der Waals surface area contributed by atoms with E-state index < -0.39 is 0 Å². The van der Waals surface area contributed by atoms with Crippen molar-refractivity contribution < 1.29 is 9.47 Å². The highest BCUT2D eigenvalue weighted by Crippen LogP contribution is 2.26. The number of likely N-dealkylation sites (tertiary alicyclic amines) is 1. The van der Waals surface area contributed by atoms with E-state index in [1.165, 1.54) is 51.6 Å². The molecule has 3 rings (SSSR count). The molecule has 1 aromatic rings. The maximum absolute atomic E-state index is 5.79. The average molecular weight is 389 g/mol. The minimum Gasteiger partial charge on any atom is -0.496 e. The summed E-state index contributed by atoms with van der Waals surface area (Å²) < 4.78 is 11.1. The van der Waals surface area contributed by atoms with Gasteiger partial charge < -0.3 is 25.0 Å². The Labute approximate surface area is 169 Å². The van der Waals surface area contributed by atoms with Crippen LogP contribution in [0, 0.1) is 0 Å². The molecule has 1 aliphatic heterocycles. The monoisotopic (exact) mass is 388 g/mol. The van der Waals surface area contributed by atoms with Crippen LogP contribution < -0.4 is 15.4 Å². The Morgan fingerprint density at radius 2 is 1.89 bits per heavy atom. The van der Waals surface area contributed by atoms with Gasteiger partial charge >= 0.3 is 0 Å². The molecule has 1 heterocycles. The summed E-state index contributed by atoms with van der Waals surface area (Å²) in [6.07, 6.45) is 8.02. The van der Waals surface area contributed by atoms with Gasteiger partial charge in [0.25, 0.3) is 0 Å². The van der Waals surface area contributed by atoms with E-state index in [-0.39, 0.29) is 0 Å². The Kier molecular flexibility index (Phi) is 8.42. The third kappa shape index (κ3) is 6.11. The molecule has 0 amide bonds. The fourth-order valence-electron chi connectivity index (χ4n) is 4.31. The zero-order valence-corrected chi connectivity index (χ0v) is 17.5. The molecule has 1 aliphatic carbocycles. The van der Waals surface area contributed by atoms with Crippen molar-refractivity contribution in [2.45, 2.75) is 57.2 Å². The van der Waals surface area contributed by atoms with Gasteiger partial charge in [-0.15, -0.1) is 0 Å². The molecular formula is C22H36N4O2. The van der Waals surface area contributed by atoms with E-state index in [1.807, 2.05) is 31.3 Å². The lowest BCUT2D eigenvalue weighted by Gasteiger charge is -2.36. The predicted molar refractivity (Wildman–Crippen MR) is 114 cm³/mol. The number of para-hydroxylation sites is 1. The van der Waals surface area contributed by atoms with Gasteiger partial charge in [-0.25, -0.2) is 0 Å². The van der Waals surface area contributed by atoms with Gasteiger partial charge in [-0.05, 0) is 31.7 Å². The van der Waals surface area contributed by atoms with Crippen LogP contribution in [0.3, 0.4) is 0 Å². The molecule has 0 spiro atoms. The van der Waals surface area contributed by atoms with Crippen LogP contribution >= 0.6 is 0 Å². The highest BCUT2D eigenvalue weighted by molar-refractivity contribution is 5.79. The summed E-state index contributed by atoms with van der Waals surface area (Å²) in [5.74, 6) is 1.75. The smallest absolute Gasteiger partial charge is 0.191 e. The topological polar surface area (TPSA) is 58.1 Å². The summed E-state index contributed by atoms with van der Waals surface area (Å²) in [5.41, 5.74) is 1.07. The van der Waals surface area contributed by atoms with Crippen LogP contribution in [0.1, 0.15) is 44.1 Å². The van der Waals surface area contributed by atoms with Crippen molar-refractivity contribution in [1.82, 2.24) is 15.5 Å². The molecule has 2 fully saturated rings. The van der Waals surface area contributed by atoms with E-state index in [9.17, 15) is 0 Å². The molecule has 0 aromatic heterocycles. The highest BCUT2D eigenvalue weighted by atomic mass is 16.5. The van der Waals surface area contributed by atoms with E-state index in [1.54, 1.807) is 7.11 Å². The minimum absolute atomic E-state index is 0.512. The SMILES string of the molecule is CN=C(NCCOCc1ccccc1OC)NC1CCN(C2CCCC2)CC1. The lowest BCUT2D eigenvalue weighted by Crippen LogP contribution is -2.50. The van der Waals surface area contributed by atoms with Crippen molar-refractivity contribution in [2.24, 2.45) is 4.99 Å². The van der Waals surface area contributed by atoms with Crippen LogP contribution in [0.25, 0.3) is 0 Å². The number of benzene rings is 1. The first kappa shape index (κ1) is 20.9. The molecule has 2 aliphatic rings. The molecule has 0 bridgehead atoms. The summed E-state index contributed by atoms with van der Waals surface area (Å²) in [5, 5.41) is 6.95. The van der Waals surface area contributed by atoms with Crippen LogP contribution in [0.4, 0.5) is 0 Å². The standard InChI is InChI=1S/C22H36N4O2/c1-23-22(24-13-16-28-17-18-7-3-6-10-21(18)27-2)25-19-11-14-26(15-12-19)20-8-4-5-9-20/h3,6-7,10,19-20H,4-5,8-9,11-17H2,1-2H3,(H2,23,24,25). The van der Waals surface area contributed by atoms with E-state index >= 15 is 0 Å². The Morgan fingerprint density at radius 3 is 2.61 bits per heavy atom. The number of nitrogens with zero attached hydrogens (tertiary/aromatic N) is 2. The number of rotatable bonds is 8. The number of guanidine groups is 1. The Balaban J connectivity index is 1.30. The minimum atomic E-state index is 0.512. The van der Waals surface area contributed by atoms with Crippen LogP contribution in [-0.4, -0.2) is 63.3 Å². The molecule has 6 nitrogen and oxygen atoms in total. The van der Waals surface area contributed by atoms with E-state index in [0.29, 0.717) is 19.3 Å². The molecule has 156 valence electrons. The predicted octanol–water partition coefficient (Wildman–Crippen LogP) is 2.78. The molecule has 6 heteroatoms. The van der Waals surface area contributed by atoms with Gasteiger partial charge in [0.05, 0.1) is 20.3 Å². The number of nitrogens with one attached hydrogen (secondary N) is 2. The molecule has 1 aromatic carbocycles. The summed E-state index contributed by atoms with van der Waals surface area (Å²) in [7, 11) is 3.52. The van der Waals surface area contributed by atoms with Gasteiger partial charge in [-0.1, -0.05) is 31.0 Å². The first-order valence-corrected chi connectivity index (χ1v) is 10.7. The lowest BCUT2D eigenvalue weighted by molar-refractivity contribution is 0.123. The van der Waals surface area contributed by atoms with Crippen LogP contribution in [0.15, 0.2) is 29.3 Å². The molecule has 2 N–H and O–H groups in total. The second kappa shape index (κ2) is 11.3. The number of piperidine rings is 1. The van der Waals surface area contributed by atoms with Crippen molar-refractivity contribution in [2.75, 3.05) is 40.4 Å². The summed E-state index contributed by atoms with van der Waals surface area (Å²) in [4.78, 5) is 7.07. The van der Waals surface area contributed by atoms with Crippen molar-refractivity contribution in [3.05, 3.63) is 29.8 Å². The molecule has 0 atom stereocenters. The summed E-state index contributed by atoms with van der Waals surface area (Å²) in [6.45, 7) is 4.33. The van der Waals surface area contributed by atoms with Gasteiger partial charge in [0.2, 0.25) is 0 Å². The Morgan fingerprint density at radius 1 is 1.14 bits per heavy atom. The quantitative estimate of drug-likeness (QED) is 0.407. The number of aliphatic imine (C=N–C) groups is 1. The number of hydrogen-bond donors (Lipinski definition) is 2. The molecule has 0 unspecified atom stereocenters. The van der Waals surface area contributed by atoms with E-state index in [0.717, 1.165) is 29.9 Å². The third-order valence-corrected chi connectivity index (χ3v) is 5.92. The normalized spacial score (nSPS) is 19.7. The van der Waals surface area contributed by atoms with E-state index in [4.69, 9.17) is 9.47 Å². The fraction of sp³-hybridized carbons (Fsp3) is 0.682. The number of methoxy groups -OCH3 is 1. The first-order chi connectivity index (χ1) is 13.8. The molecule has 1 saturated carbocycles. The maximum Gasteiger partial charge on any atom is 0.191 e. The summed E-state index contributed by atoms with van der Waals surface area (Å²) in [6, 6.07) is 9.32. The van der Waals surface area contributed by atoms with Gasteiger partial charge in [-0.2, -0.15) is 0 Å². The average Bonchev–Trinajstić information content (AvgIpc) is 3.28. The third-order valence-electron chi connectivity index (χ3n) is 5.92. The lowest BCUT2D eigenvalue weighted by atomic mass is 10.0. The zero-order valence-electron chi connectivity index (χ0n) is 17.5. The number of hydrogen-bond acceptors (Lipinski definition) is 4. The van der Waals surface area contributed by atoms with Crippen LogP contribution in [-0.2, 0) is 11.3 Å². The van der Waals surface area contributed by atoms with Crippen molar-refractivity contribution >= 4 is 5.96 Å². The molecule has 1 saturated heterocycles. The molecular weight excluding hydrogens is 352 g/mol. The van der Waals surface area contributed by atoms with Crippen LogP contribution in [0.5, 0.6) is 5.75 Å². The van der Waals surface area contributed by atoms with Gasteiger partial charge in [-0.3, -0.25) is 4.99 Å². The largest absolute Gasteiger partial charge is 0.496 e. The van der Waals surface area contributed by atoms with Crippen molar-refractivity contribution in [3.63, 3.8) is 0 Å². The number of ether oxygens (including phenoxy) is 2. The molecule has 28 heavy (non-hydrogen) atoms. The second-order valence-electron chi connectivity index (χ2n) is 7.76. The van der Waals surface area contributed by atoms with Gasteiger partial charge in [0, 0.05) is 44.3 Å². The fourth-order valence-corrected chi connectivity index (χ4v) is 4.31. The van der Waals surface area contributed by atoms with E-state index in [2.05, 4.69) is 20.5 Å². The Hall–Kier alpha value is -1.79.